The van der Waals surface area contributed by atoms with Crippen LogP contribution in [0.1, 0.15) is 40.0 Å². The molecule has 0 aliphatic carbocycles. The highest BCUT2D eigenvalue weighted by Crippen LogP contribution is 2.01. The molecule has 3 N–H and O–H groups in total. The Bertz CT molecular complexity index is 184. The standard InChI is InChI=1S/C12H26N2O2/c1-10(2)6-9-16-11(3)12(15)14-8-5-4-7-13/h10-11H,4-9,13H2,1-3H3,(H,14,15). The molecule has 0 spiro atoms. The lowest BCUT2D eigenvalue weighted by molar-refractivity contribution is -0.131. The fourth-order valence-corrected chi connectivity index (χ4v) is 1.18. The normalized spacial score (nSPS) is 12.8. The Hall–Kier alpha value is -0.610. The Morgan fingerprint density at radius 3 is 2.56 bits per heavy atom. The van der Waals surface area contributed by atoms with E-state index in [0.717, 1.165) is 19.3 Å². The van der Waals surface area contributed by atoms with Crippen molar-refractivity contribution in [3.8, 4) is 0 Å². The molecular weight excluding hydrogens is 204 g/mol. The van der Waals surface area contributed by atoms with Crippen molar-refractivity contribution in [3.63, 3.8) is 0 Å². The highest BCUT2D eigenvalue weighted by atomic mass is 16.5. The van der Waals surface area contributed by atoms with Crippen LogP contribution >= 0.6 is 0 Å². The van der Waals surface area contributed by atoms with Crippen LogP contribution in [0.3, 0.4) is 0 Å². The number of amides is 1. The summed E-state index contributed by atoms with van der Waals surface area (Å²) < 4.78 is 5.43. The van der Waals surface area contributed by atoms with Crippen LogP contribution < -0.4 is 11.1 Å². The summed E-state index contributed by atoms with van der Waals surface area (Å²) >= 11 is 0. The summed E-state index contributed by atoms with van der Waals surface area (Å²) in [4.78, 5) is 11.5. The molecule has 0 heterocycles. The van der Waals surface area contributed by atoms with Gasteiger partial charge in [-0.3, -0.25) is 4.79 Å². The highest BCUT2D eigenvalue weighted by Gasteiger charge is 2.12. The van der Waals surface area contributed by atoms with Crippen LogP contribution in [0, 0.1) is 5.92 Å². The van der Waals surface area contributed by atoms with Crippen LogP contribution in [0.15, 0.2) is 0 Å². The molecule has 0 bridgehead atoms. The van der Waals surface area contributed by atoms with E-state index in [9.17, 15) is 4.79 Å². The van der Waals surface area contributed by atoms with E-state index in [1.54, 1.807) is 6.92 Å². The summed E-state index contributed by atoms with van der Waals surface area (Å²) in [5.41, 5.74) is 5.36. The van der Waals surface area contributed by atoms with Crippen molar-refractivity contribution >= 4 is 5.91 Å². The molecule has 1 amide bonds. The Morgan fingerprint density at radius 1 is 1.31 bits per heavy atom. The second kappa shape index (κ2) is 9.60. The minimum atomic E-state index is -0.350. The molecule has 1 atom stereocenters. The van der Waals surface area contributed by atoms with Gasteiger partial charge >= 0.3 is 0 Å². The number of hydrogen-bond donors (Lipinski definition) is 2. The smallest absolute Gasteiger partial charge is 0.248 e. The van der Waals surface area contributed by atoms with Crippen molar-refractivity contribution < 1.29 is 9.53 Å². The van der Waals surface area contributed by atoms with Crippen LogP contribution in [-0.2, 0) is 9.53 Å². The van der Waals surface area contributed by atoms with E-state index in [4.69, 9.17) is 10.5 Å². The summed E-state index contributed by atoms with van der Waals surface area (Å²) in [5, 5.41) is 2.84. The van der Waals surface area contributed by atoms with E-state index >= 15 is 0 Å². The number of carbonyl (C=O) groups is 1. The molecule has 4 heteroatoms. The van der Waals surface area contributed by atoms with Crippen molar-refractivity contribution in [3.05, 3.63) is 0 Å². The SMILES string of the molecule is CC(C)CCOC(C)C(=O)NCCCCN. The molecule has 0 rings (SSSR count). The molecule has 0 fully saturated rings. The van der Waals surface area contributed by atoms with Gasteiger partial charge in [0.1, 0.15) is 6.10 Å². The summed E-state index contributed by atoms with van der Waals surface area (Å²) in [7, 11) is 0. The first kappa shape index (κ1) is 15.4. The maximum Gasteiger partial charge on any atom is 0.248 e. The van der Waals surface area contributed by atoms with Crippen molar-refractivity contribution in [1.82, 2.24) is 5.32 Å². The lowest BCUT2D eigenvalue weighted by Gasteiger charge is -2.14. The first-order valence-corrected chi connectivity index (χ1v) is 6.17. The van der Waals surface area contributed by atoms with Gasteiger partial charge in [-0.25, -0.2) is 0 Å². The molecule has 0 saturated heterocycles. The van der Waals surface area contributed by atoms with Crippen molar-refractivity contribution in [2.24, 2.45) is 11.7 Å². The zero-order valence-electron chi connectivity index (χ0n) is 10.8. The van der Waals surface area contributed by atoms with Gasteiger partial charge in [-0.1, -0.05) is 13.8 Å². The zero-order valence-corrected chi connectivity index (χ0v) is 10.8. The predicted molar refractivity (Wildman–Crippen MR) is 66.2 cm³/mol. The Balaban J connectivity index is 3.49. The molecule has 4 nitrogen and oxygen atoms in total. The van der Waals surface area contributed by atoms with Gasteiger partial charge in [0.25, 0.3) is 0 Å². The minimum absolute atomic E-state index is 0.0271. The second-order valence-corrected chi connectivity index (χ2v) is 4.48. The Morgan fingerprint density at radius 2 is 2.00 bits per heavy atom. The van der Waals surface area contributed by atoms with Gasteiger partial charge in [-0.15, -0.1) is 0 Å². The summed E-state index contributed by atoms with van der Waals surface area (Å²) in [6.45, 7) is 8.08. The largest absolute Gasteiger partial charge is 0.369 e. The van der Waals surface area contributed by atoms with E-state index in [0.29, 0.717) is 25.6 Å². The predicted octanol–water partition coefficient (Wildman–Crippen LogP) is 1.29. The summed E-state index contributed by atoms with van der Waals surface area (Å²) in [6, 6.07) is 0. The number of ether oxygens (including phenoxy) is 1. The number of hydrogen-bond acceptors (Lipinski definition) is 3. The van der Waals surface area contributed by atoms with E-state index in [1.807, 2.05) is 0 Å². The lowest BCUT2D eigenvalue weighted by Crippen LogP contribution is -2.35. The Labute approximate surface area is 98.9 Å². The van der Waals surface area contributed by atoms with Gasteiger partial charge < -0.3 is 15.8 Å². The van der Waals surface area contributed by atoms with E-state index in [1.165, 1.54) is 0 Å². The molecule has 0 aromatic rings. The van der Waals surface area contributed by atoms with Gasteiger partial charge in [0.2, 0.25) is 5.91 Å². The second-order valence-electron chi connectivity index (χ2n) is 4.48. The van der Waals surface area contributed by atoms with Crippen molar-refractivity contribution in [2.45, 2.75) is 46.1 Å². The molecule has 16 heavy (non-hydrogen) atoms. The molecule has 96 valence electrons. The zero-order chi connectivity index (χ0) is 12.4. The molecule has 0 radical (unpaired) electrons. The van der Waals surface area contributed by atoms with Gasteiger partial charge in [-0.2, -0.15) is 0 Å². The minimum Gasteiger partial charge on any atom is -0.369 e. The third-order valence-corrected chi connectivity index (χ3v) is 2.36. The maximum atomic E-state index is 11.5. The number of nitrogens with two attached hydrogens (primary N) is 1. The average molecular weight is 230 g/mol. The highest BCUT2D eigenvalue weighted by molar-refractivity contribution is 5.80. The first-order chi connectivity index (χ1) is 7.57. The number of rotatable bonds is 9. The summed E-state index contributed by atoms with van der Waals surface area (Å²) in [6.07, 6.45) is 2.52. The van der Waals surface area contributed by atoms with Crippen molar-refractivity contribution in [1.29, 1.82) is 0 Å². The van der Waals surface area contributed by atoms with Crippen LogP contribution in [0.25, 0.3) is 0 Å². The van der Waals surface area contributed by atoms with E-state index in [2.05, 4.69) is 19.2 Å². The average Bonchev–Trinajstić information content (AvgIpc) is 2.23. The number of nitrogens with one attached hydrogen (secondary N) is 1. The molecular formula is C12H26N2O2. The van der Waals surface area contributed by atoms with Crippen LogP contribution in [-0.4, -0.2) is 31.7 Å². The number of carbonyl (C=O) groups excluding carboxylic acids is 1. The topological polar surface area (TPSA) is 64.3 Å². The van der Waals surface area contributed by atoms with Crippen molar-refractivity contribution in [2.75, 3.05) is 19.7 Å². The summed E-state index contributed by atoms with van der Waals surface area (Å²) in [5.74, 6) is 0.584. The third kappa shape index (κ3) is 8.68. The van der Waals surface area contributed by atoms with Gasteiger partial charge in [-0.05, 0) is 38.6 Å². The van der Waals surface area contributed by atoms with Crippen LogP contribution in [0.2, 0.25) is 0 Å². The first-order valence-electron chi connectivity index (χ1n) is 6.17. The van der Waals surface area contributed by atoms with E-state index < -0.39 is 0 Å². The van der Waals surface area contributed by atoms with Gasteiger partial charge in [0.15, 0.2) is 0 Å². The van der Waals surface area contributed by atoms with Crippen LogP contribution in [0.4, 0.5) is 0 Å². The molecule has 0 aromatic carbocycles. The third-order valence-electron chi connectivity index (χ3n) is 2.36. The Kier molecular flexibility index (Phi) is 9.24. The van der Waals surface area contributed by atoms with E-state index in [-0.39, 0.29) is 12.0 Å². The van der Waals surface area contributed by atoms with Crippen LogP contribution in [0.5, 0.6) is 0 Å². The fraction of sp³-hybridized carbons (Fsp3) is 0.917. The molecule has 0 saturated carbocycles. The maximum absolute atomic E-state index is 11.5. The quantitative estimate of drug-likeness (QED) is 0.587. The molecule has 0 aliphatic heterocycles. The van der Waals surface area contributed by atoms with Gasteiger partial charge in [0, 0.05) is 13.2 Å². The molecule has 1 unspecified atom stereocenters. The molecule has 0 aliphatic rings. The van der Waals surface area contributed by atoms with Gasteiger partial charge in [0.05, 0.1) is 0 Å². The number of unbranched alkanes of at least 4 members (excludes halogenated alkanes) is 1. The monoisotopic (exact) mass is 230 g/mol. The molecule has 0 aromatic heterocycles. The lowest BCUT2D eigenvalue weighted by atomic mass is 10.1. The fourth-order valence-electron chi connectivity index (χ4n) is 1.18.